The lowest BCUT2D eigenvalue weighted by molar-refractivity contribution is -0.138. The van der Waals surface area contributed by atoms with Crippen LogP contribution in [0, 0.1) is 5.41 Å². The Balaban J connectivity index is 1.60. The van der Waals surface area contributed by atoms with Crippen LogP contribution >= 0.6 is 0 Å². The van der Waals surface area contributed by atoms with Gasteiger partial charge in [-0.25, -0.2) is 4.98 Å². The Morgan fingerprint density at radius 3 is 2.65 bits per heavy atom. The van der Waals surface area contributed by atoms with Gasteiger partial charge in [0, 0.05) is 37.1 Å². The highest BCUT2D eigenvalue weighted by atomic mass is 19.4. The van der Waals surface area contributed by atoms with Gasteiger partial charge in [0.1, 0.15) is 0 Å². The number of alkyl halides is 3. The first-order valence-electron chi connectivity index (χ1n) is 11.9. The predicted octanol–water partition coefficient (Wildman–Crippen LogP) is 3.98. The molecular formula is C25H29F3N6O3. The number of rotatable bonds is 9. The maximum atomic E-state index is 13.7. The van der Waals surface area contributed by atoms with Crippen LogP contribution in [-0.2, 0) is 11.0 Å². The van der Waals surface area contributed by atoms with Crippen molar-refractivity contribution in [2.45, 2.75) is 45.3 Å². The second kappa shape index (κ2) is 10.4. The summed E-state index contributed by atoms with van der Waals surface area (Å²) >= 11 is 0. The van der Waals surface area contributed by atoms with Gasteiger partial charge >= 0.3 is 12.1 Å². The molecule has 12 heteroatoms. The molecule has 0 bridgehead atoms. The van der Waals surface area contributed by atoms with Gasteiger partial charge in [0.25, 0.3) is 5.91 Å². The van der Waals surface area contributed by atoms with Gasteiger partial charge in [-0.05, 0) is 36.9 Å². The maximum absolute atomic E-state index is 13.7. The number of carboxylic acid groups (broad SMARTS) is 1. The fourth-order valence-corrected chi connectivity index (χ4v) is 4.62. The molecule has 0 spiro atoms. The Hall–Kier alpha value is -3.67. The van der Waals surface area contributed by atoms with E-state index in [-0.39, 0.29) is 34.7 Å². The quantitative estimate of drug-likeness (QED) is 0.395. The molecule has 1 aliphatic heterocycles. The average molecular weight is 519 g/mol. The molecule has 1 aromatic carbocycles. The number of carbonyl (C=O) groups excluding carboxylic acids is 1. The molecule has 4 rings (SSSR count). The Kier molecular flexibility index (Phi) is 7.39. The first kappa shape index (κ1) is 26.4. The van der Waals surface area contributed by atoms with Crippen molar-refractivity contribution in [2.75, 3.05) is 19.6 Å². The van der Waals surface area contributed by atoms with Crippen molar-refractivity contribution in [2.24, 2.45) is 5.41 Å². The van der Waals surface area contributed by atoms with Crippen molar-refractivity contribution >= 4 is 11.9 Å². The lowest BCUT2D eigenvalue weighted by Crippen LogP contribution is -2.39. The van der Waals surface area contributed by atoms with E-state index in [9.17, 15) is 27.9 Å². The van der Waals surface area contributed by atoms with E-state index in [4.69, 9.17) is 0 Å². The Morgan fingerprint density at radius 2 is 2.03 bits per heavy atom. The average Bonchev–Trinajstić information content (AvgIpc) is 3.56. The number of imidazole rings is 1. The van der Waals surface area contributed by atoms with Crippen LogP contribution in [0.4, 0.5) is 13.2 Å². The molecule has 198 valence electrons. The van der Waals surface area contributed by atoms with E-state index in [1.165, 1.54) is 36.7 Å². The van der Waals surface area contributed by atoms with Crippen LogP contribution in [-0.4, -0.2) is 67.3 Å². The number of aromatic amines is 1. The van der Waals surface area contributed by atoms with Gasteiger partial charge in [0.15, 0.2) is 5.69 Å². The summed E-state index contributed by atoms with van der Waals surface area (Å²) in [5.41, 5.74) is -1.00. The molecular weight excluding hydrogens is 489 g/mol. The molecule has 1 aliphatic rings. The van der Waals surface area contributed by atoms with E-state index < -0.39 is 29.7 Å². The first-order valence-corrected chi connectivity index (χ1v) is 11.9. The third kappa shape index (κ3) is 6.37. The molecule has 0 radical (unpaired) electrons. The number of aliphatic carboxylic acids is 1. The summed E-state index contributed by atoms with van der Waals surface area (Å²) in [4.78, 5) is 33.7. The SMILES string of the molecule is CC1(C)CCN(CC[C@@H](CC(=O)O)NC(=O)c2cc(-c3ccccc3C(F)(F)F)n(-c3ncc[nH]3)n2)C1. The summed E-state index contributed by atoms with van der Waals surface area (Å²) in [5.74, 6) is -1.61. The number of aromatic nitrogens is 4. The largest absolute Gasteiger partial charge is 0.481 e. The smallest absolute Gasteiger partial charge is 0.417 e. The lowest BCUT2D eigenvalue weighted by Gasteiger charge is -2.22. The molecule has 1 fully saturated rings. The number of hydrogen-bond donors (Lipinski definition) is 3. The number of carbonyl (C=O) groups is 2. The summed E-state index contributed by atoms with van der Waals surface area (Å²) in [6, 6.07) is 5.58. The van der Waals surface area contributed by atoms with Gasteiger partial charge in [-0.15, -0.1) is 0 Å². The van der Waals surface area contributed by atoms with Gasteiger partial charge in [0.05, 0.1) is 17.7 Å². The van der Waals surface area contributed by atoms with Crippen LogP contribution in [0.3, 0.4) is 0 Å². The van der Waals surface area contributed by atoms with E-state index in [0.29, 0.717) is 13.0 Å². The van der Waals surface area contributed by atoms with Gasteiger partial charge in [-0.2, -0.15) is 23.0 Å². The molecule has 0 aliphatic carbocycles. The summed E-state index contributed by atoms with van der Waals surface area (Å²) in [6.45, 7) is 6.75. The predicted molar refractivity (Wildman–Crippen MR) is 129 cm³/mol. The monoisotopic (exact) mass is 518 g/mol. The van der Waals surface area contributed by atoms with E-state index in [0.717, 1.165) is 30.3 Å². The van der Waals surface area contributed by atoms with Crippen LogP contribution in [0.1, 0.15) is 49.2 Å². The molecule has 0 unspecified atom stereocenters. The number of benzene rings is 1. The number of hydrogen-bond acceptors (Lipinski definition) is 5. The summed E-state index contributed by atoms with van der Waals surface area (Å²) < 4.78 is 42.3. The second-order valence-electron chi connectivity index (χ2n) is 10.0. The number of carboxylic acids is 1. The van der Waals surface area contributed by atoms with Crippen molar-refractivity contribution in [3.05, 3.63) is 54.0 Å². The number of nitrogens with one attached hydrogen (secondary N) is 2. The van der Waals surface area contributed by atoms with Gasteiger partial charge in [-0.3, -0.25) is 9.59 Å². The van der Waals surface area contributed by atoms with Crippen molar-refractivity contribution < 1.29 is 27.9 Å². The van der Waals surface area contributed by atoms with E-state index >= 15 is 0 Å². The van der Waals surface area contributed by atoms with Crippen LogP contribution in [0.15, 0.2) is 42.7 Å². The third-order valence-corrected chi connectivity index (χ3v) is 6.44. The van der Waals surface area contributed by atoms with Crippen LogP contribution in [0.5, 0.6) is 0 Å². The number of H-pyrrole nitrogens is 1. The van der Waals surface area contributed by atoms with E-state index in [1.807, 2.05) is 0 Å². The fraction of sp³-hybridized carbons (Fsp3) is 0.440. The standard InChI is InChI=1S/C25H29F3N6O3/c1-24(2)8-12-33(15-24)11-7-16(13-21(35)36)31-22(37)19-14-20(34(32-19)23-29-9-10-30-23)17-5-3-4-6-18(17)25(26,27)28/h3-6,9-10,14,16H,7-8,11-13,15H2,1-2H3,(H,29,30)(H,31,37)(H,35,36)/t16-/m0/s1. The Morgan fingerprint density at radius 1 is 1.27 bits per heavy atom. The number of amides is 1. The zero-order chi connectivity index (χ0) is 26.8. The van der Waals surface area contributed by atoms with Crippen molar-refractivity contribution in [3.63, 3.8) is 0 Å². The molecule has 3 aromatic rings. The van der Waals surface area contributed by atoms with Crippen molar-refractivity contribution in [1.29, 1.82) is 0 Å². The van der Waals surface area contributed by atoms with Crippen LogP contribution < -0.4 is 5.32 Å². The van der Waals surface area contributed by atoms with Crippen LogP contribution in [0.2, 0.25) is 0 Å². The Labute approximate surface area is 211 Å². The normalized spacial score (nSPS) is 16.6. The highest BCUT2D eigenvalue weighted by Gasteiger charge is 2.35. The molecule has 1 saturated heterocycles. The number of halogens is 3. The highest BCUT2D eigenvalue weighted by Crippen LogP contribution is 2.37. The van der Waals surface area contributed by atoms with E-state index in [1.54, 1.807) is 0 Å². The summed E-state index contributed by atoms with van der Waals surface area (Å²) in [6.07, 6.45) is -0.566. The third-order valence-electron chi connectivity index (χ3n) is 6.44. The molecule has 37 heavy (non-hydrogen) atoms. The number of nitrogens with zero attached hydrogens (tertiary/aromatic N) is 4. The first-order chi connectivity index (χ1) is 17.4. The zero-order valence-corrected chi connectivity index (χ0v) is 20.5. The highest BCUT2D eigenvalue weighted by molar-refractivity contribution is 5.94. The topological polar surface area (TPSA) is 116 Å². The lowest BCUT2D eigenvalue weighted by atomic mass is 9.93. The van der Waals surface area contributed by atoms with Gasteiger partial charge in [0.2, 0.25) is 5.95 Å². The molecule has 1 amide bonds. The van der Waals surface area contributed by atoms with Crippen molar-refractivity contribution in [3.8, 4) is 17.2 Å². The van der Waals surface area contributed by atoms with Gasteiger partial charge in [-0.1, -0.05) is 32.0 Å². The minimum Gasteiger partial charge on any atom is -0.481 e. The minimum atomic E-state index is -4.63. The fourth-order valence-electron chi connectivity index (χ4n) is 4.62. The van der Waals surface area contributed by atoms with Crippen LogP contribution in [0.25, 0.3) is 17.2 Å². The summed E-state index contributed by atoms with van der Waals surface area (Å²) in [5, 5.41) is 16.3. The van der Waals surface area contributed by atoms with Crippen molar-refractivity contribution in [1.82, 2.24) is 30.0 Å². The molecule has 9 nitrogen and oxygen atoms in total. The molecule has 1 atom stereocenters. The maximum Gasteiger partial charge on any atom is 0.417 e. The Bertz CT molecular complexity index is 1250. The molecule has 3 N–H and O–H groups in total. The van der Waals surface area contributed by atoms with Gasteiger partial charge < -0.3 is 20.3 Å². The molecule has 2 aromatic heterocycles. The second-order valence-corrected chi connectivity index (χ2v) is 10.0. The molecule has 3 heterocycles. The minimum absolute atomic E-state index is 0.0158. The van der Waals surface area contributed by atoms with E-state index in [2.05, 4.69) is 39.1 Å². The zero-order valence-electron chi connectivity index (χ0n) is 20.5. The molecule has 0 saturated carbocycles. The summed E-state index contributed by atoms with van der Waals surface area (Å²) in [7, 11) is 0. The number of likely N-dealkylation sites (tertiary alicyclic amines) is 1.